The van der Waals surface area contributed by atoms with E-state index in [0.717, 1.165) is 5.56 Å². The molecule has 5 nitrogen and oxygen atoms in total. The van der Waals surface area contributed by atoms with Crippen molar-refractivity contribution in [1.29, 1.82) is 0 Å². The van der Waals surface area contributed by atoms with Gasteiger partial charge in [-0.3, -0.25) is 9.59 Å². The molecule has 1 rings (SSSR count). The number of hydrogen-bond donors (Lipinski definition) is 1. The summed E-state index contributed by atoms with van der Waals surface area (Å²) in [5.41, 5.74) is 7.06. The molecule has 0 aliphatic carbocycles. The molecular formula is C15H23N3O2. The third kappa shape index (κ3) is 4.06. The molecule has 0 fully saturated rings. The molecule has 1 aromatic rings. The highest BCUT2D eigenvalue weighted by Gasteiger charge is 2.17. The monoisotopic (exact) mass is 277 g/mol. The van der Waals surface area contributed by atoms with Gasteiger partial charge in [0.15, 0.2) is 0 Å². The lowest BCUT2D eigenvalue weighted by Gasteiger charge is -2.23. The minimum atomic E-state index is -0.158. The van der Waals surface area contributed by atoms with Crippen molar-refractivity contribution < 1.29 is 9.59 Å². The zero-order valence-electron chi connectivity index (χ0n) is 12.4. The molecule has 0 aliphatic rings. The molecule has 0 bridgehead atoms. The summed E-state index contributed by atoms with van der Waals surface area (Å²) in [5, 5.41) is 0. The fraction of sp³-hybridized carbons (Fsp3) is 0.467. The zero-order chi connectivity index (χ0) is 15.1. The van der Waals surface area contributed by atoms with Crippen molar-refractivity contribution >= 4 is 11.8 Å². The Hall–Kier alpha value is -1.88. The molecule has 110 valence electrons. The van der Waals surface area contributed by atoms with Crippen molar-refractivity contribution in [2.45, 2.75) is 20.4 Å². The standard InChI is InChI=1S/C15H23N3O2/c1-4-18(5-2)14(19)11-17(3)15(20)13-8-6-12(10-16)7-9-13/h6-9H,4-5,10-11,16H2,1-3H3. The number of carbonyl (C=O) groups is 2. The summed E-state index contributed by atoms with van der Waals surface area (Å²) in [7, 11) is 1.64. The van der Waals surface area contributed by atoms with Crippen molar-refractivity contribution in [3.8, 4) is 0 Å². The van der Waals surface area contributed by atoms with Crippen LogP contribution in [0.5, 0.6) is 0 Å². The van der Waals surface area contributed by atoms with Gasteiger partial charge in [-0.05, 0) is 31.5 Å². The first kappa shape index (κ1) is 16.2. The number of nitrogens with zero attached hydrogens (tertiary/aromatic N) is 2. The molecule has 2 N–H and O–H groups in total. The highest BCUT2D eigenvalue weighted by Crippen LogP contribution is 2.07. The fourth-order valence-corrected chi connectivity index (χ4v) is 1.95. The molecular weight excluding hydrogens is 254 g/mol. The summed E-state index contributed by atoms with van der Waals surface area (Å²) in [4.78, 5) is 27.3. The van der Waals surface area contributed by atoms with Gasteiger partial charge in [0, 0.05) is 32.2 Å². The quantitative estimate of drug-likeness (QED) is 0.846. The SMILES string of the molecule is CCN(CC)C(=O)CN(C)C(=O)c1ccc(CN)cc1. The number of benzene rings is 1. The molecule has 1 aromatic carbocycles. The third-order valence-electron chi connectivity index (χ3n) is 3.27. The average molecular weight is 277 g/mol. The topological polar surface area (TPSA) is 66.6 Å². The van der Waals surface area contributed by atoms with Gasteiger partial charge >= 0.3 is 0 Å². The Morgan fingerprint density at radius 3 is 2.10 bits per heavy atom. The number of hydrogen-bond acceptors (Lipinski definition) is 3. The Morgan fingerprint density at radius 2 is 1.65 bits per heavy atom. The number of rotatable bonds is 6. The van der Waals surface area contributed by atoms with Gasteiger partial charge in [-0.2, -0.15) is 0 Å². The van der Waals surface area contributed by atoms with Crippen LogP contribution in [0.25, 0.3) is 0 Å². The Balaban J connectivity index is 2.68. The number of amides is 2. The lowest BCUT2D eigenvalue weighted by atomic mass is 10.1. The van der Waals surface area contributed by atoms with E-state index in [1.54, 1.807) is 24.1 Å². The summed E-state index contributed by atoms with van der Waals surface area (Å²) < 4.78 is 0. The highest BCUT2D eigenvalue weighted by atomic mass is 16.2. The van der Waals surface area contributed by atoms with E-state index in [-0.39, 0.29) is 18.4 Å². The van der Waals surface area contributed by atoms with E-state index in [0.29, 0.717) is 25.2 Å². The van der Waals surface area contributed by atoms with Crippen molar-refractivity contribution in [2.75, 3.05) is 26.7 Å². The van der Waals surface area contributed by atoms with Crippen molar-refractivity contribution in [2.24, 2.45) is 5.73 Å². The summed E-state index contributed by atoms with van der Waals surface area (Å²) in [6.45, 7) is 5.71. The van der Waals surface area contributed by atoms with Gasteiger partial charge < -0.3 is 15.5 Å². The summed E-state index contributed by atoms with van der Waals surface area (Å²) in [6.07, 6.45) is 0. The van der Waals surface area contributed by atoms with Crippen molar-refractivity contribution in [1.82, 2.24) is 9.80 Å². The summed E-state index contributed by atoms with van der Waals surface area (Å²) >= 11 is 0. The van der Waals surface area contributed by atoms with Gasteiger partial charge in [0.2, 0.25) is 5.91 Å². The second-order valence-corrected chi connectivity index (χ2v) is 4.63. The molecule has 0 atom stereocenters. The first-order chi connectivity index (χ1) is 9.53. The van der Waals surface area contributed by atoms with Crippen LogP contribution in [0.15, 0.2) is 24.3 Å². The van der Waals surface area contributed by atoms with Crippen LogP contribution in [0, 0.1) is 0 Å². The van der Waals surface area contributed by atoms with E-state index in [9.17, 15) is 9.59 Å². The van der Waals surface area contributed by atoms with Crippen LogP contribution >= 0.6 is 0 Å². The van der Waals surface area contributed by atoms with Gasteiger partial charge in [-0.15, -0.1) is 0 Å². The van der Waals surface area contributed by atoms with Crippen molar-refractivity contribution in [3.63, 3.8) is 0 Å². The van der Waals surface area contributed by atoms with E-state index in [2.05, 4.69) is 0 Å². The zero-order valence-corrected chi connectivity index (χ0v) is 12.4. The largest absolute Gasteiger partial charge is 0.342 e. The molecule has 0 unspecified atom stereocenters. The van der Waals surface area contributed by atoms with Crippen LogP contribution in [-0.4, -0.2) is 48.3 Å². The average Bonchev–Trinajstić information content (AvgIpc) is 2.47. The van der Waals surface area contributed by atoms with Crippen LogP contribution in [0.4, 0.5) is 0 Å². The molecule has 0 radical (unpaired) electrons. The maximum atomic E-state index is 12.2. The molecule has 0 saturated carbocycles. The highest BCUT2D eigenvalue weighted by molar-refractivity contribution is 5.96. The molecule has 2 amide bonds. The molecule has 0 saturated heterocycles. The van der Waals surface area contributed by atoms with E-state index in [1.807, 2.05) is 26.0 Å². The van der Waals surface area contributed by atoms with E-state index in [4.69, 9.17) is 5.73 Å². The molecule has 0 aliphatic heterocycles. The first-order valence-corrected chi connectivity index (χ1v) is 6.85. The normalized spacial score (nSPS) is 10.2. The Kier molecular flexibility index (Phi) is 6.18. The molecule has 20 heavy (non-hydrogen) atoms. The van der Waals surface area contributed by atoms with Gasteiger partial charge in [0.05, 0.1) is 6.54 Å². The second kappa shape index (κ2) is 7.65. The Bertz CT molecular complexity index is 453. The van der Waals surface area contributed by atoms with E-state index >= 15 is 0 Å². The molecule has 5 heteroatoms. The van der Waals surface area contributed by atoms with E-state index < -0.39 is 0 Å². The van der Waals surface area contributed by atoms with Crippen LogP contribution < -0.4 is 5.73 Å². The number of likely N-dealkylation sites (N-methyl/N-ethyl adjacent to an activating group) is 2. The molecule has 0 heterocycles. The maximum Gasteiger partial charge on any atom is 0.254 e. The van der Waals surface area contributed by atoms with E-state index in [1.165, 1.54) is 4.90 Å². The summed E-state index contributed by atoms with van der Waals surface area (Å²) in [6, 6.07) is 7.13. The first-order valence-electron chi connectivity index (χ1n) is 6.85. The van der Waals surface area contributed by atoms with Gasteiger partial charge in [-0.1, -0.05) is 12.1 Å². The van der Waals surface area contributed by atoms with Gasteiger partial charge in [0.25, 0.3) is 5.91 Å². The minimum Gasteiger partial charge on any atom is -0.342 e. The smallest absolute Gasteiger partial charge is 0.254 e. The third-order valence-corrected chi connectivity index (χ3v) is 3.27. The Labute approximate surface area is 120 Å². The van der Waals surface area contributed by atoms with Crippen LogP contribution in [0.1, 0.15) is 29.8 Å². The predicted molar refractivity (Wildman–Crippen MR) is 79.2 cm³/mol. The summed E-state index contributed by atoms with van der Waals surface area (Å²) in [5.74, 6) is -0.196. The van der Waals surface area contributed by atoms with Crippen LogP contribution in [0.3, 0.4) is 0 Å². The Morgan fingerprint density at radius 1 is 1.10 bits per heavy atom. The maximum absolute atomic E-state index is 12.2. The van der Waals surface area contributed by atoms with Crippen LogP contribution in [0.2, 0.25) is 0 Å². The van der Waals surface area contributed by atoms with Crippen molar-refractivity contribution in [3.05, 3.63) is 35.4 Å². The fourth-order valence-electron chi connectivity index (χ4n) is 1.95. The minimum absolute atomic E-state index is 0.0376. The molecule has 0 aromatic heterocycles. The lowest BCUT2D eigenvalue weighted by Crippen LogP contribution is -2.41. The lowest BCUT2D eigenvalue weighted by molar-refractivity contribution is -0.131. The molecule has 0 spiro atoms. The second-order valence-electron chi connectivity index (χ2n) is 4.63. The van der Waals surface area contributed by atoms with Gasteiger partial charge in [-0.25, -0.2) is 0 Å². The van der Waals surface area contributed by atoms with Gasteiger partial charge in [0.1, 0.15) is 0 Å². The van der Waals surface area contributed by atoms with Crippen LogP contribution in [-0.2, 0) is 11.3 Å². The number of carbonyl (C=O) groups excluding carboxylic acids is 2. The predicted octanol–water partition coefficient (Wildman–Crippen LogP) is 1.09. The number of nitrogens with two attached hydrogens (primary N) is 1.